The zero-order valence-electron chi connectivity index (χ0n) is 26.4. The summed E-state index contributed by atoms with van der Waals surface area (Å²) in [5, 5.41) is 10.2. The summed E-state index contributed by atoms with van der Waals surface area (Å²) in [5.74, 6) is -3.55. The fourth-order valence-corrected chi connectivity index (χ4v) is 7.35. The van der Waals surface area contributed by atoms with Crippen molar-refractivity contribution >= 4 is 23.7 Å². The highest BCUT2D eigenvalue weighted by atomic mass is 16.6. The van der Waals surface area contributed by atoms with E-state index < -0.39 is 59.6 Å². The zero-order valence-corrected chi connectivity index (χ0v) is 26.4. The van der Waals surface area contributed by atoms with Crippen LogP contribution in [0.2, 0.25) is 0 Å². The second kappa shape index (κ2) is 12.8. The molecule has 10 nitrogen and oxygen atoms in total. The molecule has 1 unspecified atom stereocenters. The lowest BCUT2D eigenvalue weighted by Crippen LogP contribution is -2.57. The normalized spacial score (nSPS) is 32.9. The van der Waals surface area contributed by atoms with Crippen molar-refractivity contribution in [1.82, 2.24) is 14.7 Å². The molecular weight excluding hydrogens is 586 g/mol. The Hall–Kier alpha value is -4.28. The minimum atomic E-state index is -1.40. The van der Waals surface area contributed by atoms with Crippen LogP contribution in [-0.2, 0) is 35.2 Å². The molecule has 2 saturated heterocycles. The largest absolute Gasteiger partial charge is 0.455 e. The van der Waals surface area contributed by atoms with Crippen molar-refractivity contribution in [2.24, 2.45) is 11.8 Å². The molecule has 4 aliphatic rings. The van der Waals surface area contributed by atoms with Crippen molar-refractivity contribution in [3.63, 3.8) is 0 Å². The average Bonchev–Trinajstić information content (AvgIpc) is 3.72. The van der Waals surface area contributed by atoms with Gasteiger partial charge in [0.1, 0.15) is 23.7 Å². The zero-order chi connectivity index (χ0) is 32.6. The number of esters is 1. The molecule has 0 radical (unpaired) electrons. The summed E-state index contributed by atoms with van der Waals surface area (Å²) < 4.78 is 12.8. The van der Waals surface area contributed by atoms with E-state index in [0.29, 0.717) is 12.0 Å². The number of ether oxygens (including phenoxy) is 2. The molecule has 2 fully saturated rings. The molecule has 4 heterocycles. The van der Waals surface area contributed by atoms with Crippen molar-refractivity contribution in [2.45, 2.75) is 69.2 Å². The van der Waals surface area contributed by atoms with Gasteiger partial charge in [-0.15, -0.1) is 0 Å². The molecule has 0 aromatic heterocycles. The number of allylic oxidation sites excluding steroid dienone is 1. The molecule has 8 atom stereocenters. The number of benzene rings is 2. The fourth-order valence-electron chi connectivity index (χ4n) is 7.35. The number of aliphatic hydroxyl groups is 1. The van der Waals surface area contributed by atoms with Gasteiger partial charge in [0.2, 0.25) is 17.7 Å². The maximum absolute atomic E-state index is 14.7. The lowest BCUT2D eigenvalue weighted by atomic mass is 9.74. The smallest absolute Gasteiger partial charge is 0.313 e. The number of cyclic esters (lactones) is 1. The van der Waals surface area contributed by atoms with Gasteiger partial charge < -0.3 is 29.3 Å². The van der Waals surface area contributed by atoms with Crippen molar-refractivity contribution in [3.05, 3.63) is 96.1 Å². The lowest BCUT2D eigenvalue weighted by molar-refractivity contribution is -0.164. The van der Waals surface area contributed by atoms with Gasteiger partial charge in [-0.25, -0.2) is 0 Å². The van der Waals surface area contributed by atoms with Gasteiger partial charge in [-0.3, -0.25) is 19.2 Å². The average molecular weight is 628 g/mol. The third-order valence-corrected chi connectivity index (χ3v) is 9.92. The minimum Gasteiger partial charge on any atom is -0.455 e. The predicted molar refractivity (Wildman–Crippen MR) is 169 cm³/mol. The Morgan fingerprint density at radius 3 is 2.37 bits per heavy atom. The highest BCUT2D eigenvalue weighted by molar-refractivity contribution is 5.99. The molecule has 46 heavy (non-hydrogen) atoms. The molecule has 0 aliphatic carbocycles. The monoisotopic (exact) mass is 627 g/mol. The molecule has 3 amide bonds. The van der Waals surface area contributed by atoms with Gasteiger partial charge in [-0.2, -0.15) is 0 Å². The first-order valence-electron chi connectivity index (χ1n) is 16.0. The van der Waals surface area contributed by atoms with Crippen molar-refractivity contribution in [2.75, 3.05) is 20.2 Å². The Morgan fingerprint density at radius 1 is 0.978 bits per heavy atom. The first kappa shape index (κ1) is 31.7. The molecular formula is C36H41N3O7. The molecule has 2 aromatic carbocycles. The van der Waals surface area contributed by atoms with E-state index >= 15 is 0 Å². The Balaban J connectivity index is 1.44. The van der Waals surface area contributed by atoms with E-state index in [1.165, 1.54) is 4.90 Å². The first-order valence-corrected chi connectivity index (χ1v) is 16.0. The van der Waals surface area contributed by atoms with Gasteiger partial charge >= 0.3 is 5.97 Å². The number of amides is 3. The van der Waals surface area contributed by atoms with E-state index in [1.807, 2.05) is 79.7 Å². The second-order valence-corrected chi connectivity index (χ2v) is 12.7. The standard InChI is InChI=1S/C36H41N3O7/c1-23(22-40)39-32-34(43)38(21-25-13-7-4-8-14-25)20-12-6-11-17-28(41)37(3)24(2)31(26-15-9-5-10-16-26)45-35(44)29-27-18-19-36(32,46-27)30(29)33(39)42/h4-10,12-16,18-19,23-24,27,29-32,40H,11,17,20-22H2,1-3H3/b12-6+/t23?,24-,27+,29-,30-,31+,32+,36-/m1/s1. The fraction of sp³-hybridized carbons (Fsp3) is 0.444. The maximum atomic E-state index is 14.7. The topological polar surface area (TPSA) is 117 Å². The van der Waals surface area contributed by atoms with Gasteiger partial charge in [0.15, 0.2) is 0 Å². The summed E-state index contributed by atoms with van der Waals surface area (Å²) in [6, 6.07) is 16.5. The summed E-state index contributed by atoms with van der Waals surface area (Å²) in [5.41, 5.74) is 0.216. The molecule has 4 aliphatic heterocycles. The molecule has 10 heteroatoms. The van der Waals surface area contributed by atoms with Gasteiger partial charge in [0, 0.05) is 26.6 Å². The van der Waals surface area contributed by atoms with Crippen LogP contribution in [0, 0.1) is 11.8 Å². The number of aliphatic hydroxyl groups excluding tert-OH is 1. The Kier molecular flexibility index (Phi) is 8.85. The van der Waals surface area contributed by atoms with Crippen LogP contribution in [-0.4, -0.2) is 93.5 Å². The molecule has 1 N–H and O–H groups in total. The van der Waals surface area contributed by atoms with E-state index in [0.717, 1.165) is 5.56 Å². The summed E-state index contributed by atoms with van der Waals surface area (Å²) in [4.78, 5) is 61.2. The van der Waals surface area contributed by atoms with E-state index in [4.69, 9.17) is 9.47 Å². The van der Waals surface area contributed by atoms with Crippen LogP contribution in [0.4, 0.5) is 0 Å². The molecule has 242 valence electrons. The number of carbonyl (C=O) groups is 4. The third kappa shape index (κ3) is 5.43. The highest BCUT2D eigenvalue weighted by Crippen LogP contribution is 2.56. The van der Waals surface area contributed by atoms with Crippen LogP contribution in [0.5, 0.6) is 0 Å². The number of carbonyl (C=O) groups excluding carboxylic acids is 4. The lowest BCUT2D eigenvalue weighted by Gasteiger charge is -2.37. The van der Waals surface area contributed by atoms with Crippen molar-refractivity contribution < 1.29 is 33.8 Å². The molecule has 1 spiro atoms. The summed E-state index contributed by atoms with van der Waals surface area (Å²) in [6.07, 6.45) is 6.37. The van der Waals surface area contributed by atoms with Crippen LogP contribution in [0.3, 0.4) is 0 Å². The second-order valence-electron chi connectivity index (χ2n) is 12.7. The summed E-state index contributed by atoms with van der Waals surface area (Å²) in [7, 11) is 1.70. The molecule has 2 aromatic rings. The molecule has 6 rings (SSSR count). The molecule has 0 saturated carbocycles. The number of hydrogen-bond acceptors (Lipinski definition) is 7. The third-order valence-electron chi connectivity index (χ3n) is 9.92. The first-order chi connectivity index (χ1) is 22.2. The van der Waals surface area contributed by atoms with Gasteiger partial charge in [-0.05, 0) is 31.4 Å². The molecule has 5 bridgehead atoms. The van der Waals surface area contributed by atoms with E-state index in [1.54, 1.807) is 35.9 Å². The van der Waals surface area contributed by atoms with E-state index in [-0.39, 0.29) is 37.9 Å². The predicted octanol–water partition coefficient (Wildman–Crippen LogP) is 3.03. The van der Waals surface area contributed by atoms with Gasteiger partial charge in [-0.1, -0.05) is 85.0 Å². The van der Waals surface area contributed by atoms with Crippen LogP contribution < -0.4 is 0 Å². The Bertz CT molecular complexity index is 1530. The van der Waals surface area contributed by atoms with Gasteiger partial charge in [0.05, 0.1) is 30.7 Å². The number of fused-ring (bicyclic) bond motifs is 2. The maximum Gasteiger partial charge on any atom is 0.313 e. The van der Waals surface area contributed by atoms with Crippen LogP contribution in [0.15, 0.2) is 85.0 Å². The highest BCUT2D eigenvalue weighted by Gasteiger charge is 2.74. The number of likely N-dealkylation sites (N-methyl/N-ethyl adjacent to an activating group) is 1. The quantitative estimate of drug-likeness (QED) is 0.400. The van der Waals surface area contributed by atoms with Crippen molar-refractivity contribution in [1.29, 1.82) is 0 Å². The van der Waals surface area contributed by atoms with E-state index in [9.17, 15) is 24.3 Å². The summed E-state index contributed by atoms with van der Waals surface area (Å²) in [6.45, 7) is 3.66. The SMILES string of the molecule is CC(CO)N1C(=O)[C@H]2[C@@H]3C(=O)O[C@H](c4ccccc4)[C@@H](C)N(C)C(=O)CC/C=C/CN(Cc4ccccc4)C(=O)[C@H]1[C@@]21C=C[C@@H]3O1. The number of rotatable bonds is 5. The number of nitrogens with zero attached hydrogens (tertiary/aromatic N) is 3. The van der Waals surface area contributed by atoms with Crippen molar-refractivity contribution in [3.8, 4) is 0 Å². The summed E-state index contributed by atoms with van der Waals surface area (Å²) >= 11 is 0. The van der Waals surface area contributed by atoms with Crippen LogP contribution in [0.25, 0.3) is 0 Å². The van der Waals surface area contributed by atoms with Crippen LogP contribution >= 0.6 is 0 Å². The van der Waals surface area contributed by atoms with E-state index in [2.05, 4.69) is 0 Å². The number of hydrogen-bond donors (Lipinski definition) is 1. The number of likely N-dealkylation sites (tertiary alicyclic amines) is 1. The van der Waals surface area contributed by atoms with Crippen LogP contribution in [0.1, 0.15) is 43.9 Å². The van der Waals surface area contributed by atoms with Gasteiger partial charge in [0.25, 0.3) is 0 Å². The Morgan fingerprint density at radius 2 is 1.67 bits per heavy atom. The Labute approximate surface area is 269 Å². The minimum absolute atomic E-state index is 0.108.